The SMILES string of the molecule is Cc1cc(C)c2cc(CN(Cc3ccco3)Cc3nnnn3C(C)(C)C)c(=O)[nH]c2c1. The van der Waals surface area contributed by atoms with E-state index in [9.17, 15) is 4.79 Å². The molecule has 1 aromatic carbocycles. The summed E-state index contributed by atoms with van der Waals surface area (Å²) >= 11 is 0. The Balaban J connectivity index is 1.69. The van der Waals surface area contributed by atoms with Crippen LogP contribution in [0, 0.1) is 13.8 Å². The molecular weight excluding hydrogens is 392 g/mol. The first-order valence-corrected chi connectivity index (χ1v) is 10.4. The molecule has 162 valence electrons. The summed E-state index contributed by atoms with van der Waals surface area (Å²) in [5.74, 6) is 1.56. The lowest BCUT2D eigenvalue weighted by atomic mass is 10.0. The number of H-pyrrole nitrogens is 1. The van der Waals surface area contributed by atoms with Crippen LogP contribution in [-0.2, 0) is 25.2 Å². The second-order valence-electron chi connectivity index (χ2n) is 9.07. The maximum absolute atomic E-state index is 12.9. The van der Waals surface area contributed by atoms with E-state index in [-0.39, 0.29) is 11.1 Å². The van der Waals surface area contributed by atoms with Gasteiger partial charge >= 0.3 is 0 Å². The summed E-state index contributed by atoms with van der Waals surface area (Å²) in [5.41, 5.74) is 3.49. The lowest BCUT2D eigenvalue weighted by Crippen LogP contribution is -2.31. The summed E-state index contributed by atoms with van der Waals surface area (Å²) in [6.07, 6.45) is 1.65. The molecule has 0 aliphatic heterocycles. The fourth-order valence-corrected chi connectivity index (χ4v) is 3.89. The standard InChI is InChI=1S/C23H28N6O2/c1-15-9-16(2)19-11-17(22(30)24-20(19)10-15)12-28(13-18-7-6-8-31-18)14-21-25-26-27-29(21)23(3,4)5/h6-11H,12-14H2,1-5H3,(H,24,30). The topological polar surface area (TPSA) is 92.8 Å². The summed E-state index contributed by atoms with van der Waals surface area (Å²) in [6, 6.07) is 9.91. The highest BCUT2D eigenvalue weighted by molar-refractivity contribution is 5.83. The predicted octanol–water partition coefficient (Wildman–Crippen LogP) is 3.68. The van der Waals surface area contributed by atoms with Crippen LogP contribution in [0.25, 0.3) is 10.9 Å². The van der Waals surface area contributed by atoms with Gasteiger partial charge in [0.2, 0.25) is 0 Å². The minimum absolute atomic E-state index is 0.0858. The highest BCUT2D eigenvalue weighted by Gasteiger charge is 2.22. The second kappa shape index (κ2) is 8.11. The molecule has 1 N–H and O–H groups in total. The third-order valence-corrected chi connectivity index (χ3v) is 5.28. The lowest BCUT2D eigenvalue weighted by Gasteiger charge is -2.24. The van der Waals surface area contributed by atoms with Gasteiger partial charge in [0.25, 0.3) is 5.56 Å². The third-order valence-electron chi connectivity index (χ3n) is 5.28. The molecule has 0 saturated heterocycles. The number of tetrazole rings is 1. The van der Waals surface area contributed by atoms with Gasteiger partial charge in [0, 0.05) is 23.0 Å². The molecule has 0 unspecified atom stereocenters. The van der Waals surface area contributed by atoms with Gasteiger partial charge in [-0.05, 0) is 80.4 Å². The summed E-state index contributed by atoms with van der Waals surface area (Å²) < 4.78 is 7.38. The van der Waals surface area contributed by atoms with E-state index in [1.165, 1.54) is 0 Å². The van der Waals surface area contributed by atoms with Gasteiger partial charge in [-0.1, -0.05) is 6.07 Å². The number of fused-ring (bicyclic) bond motifs is 1. The molecule has 0 aliphatic rings. The highest BCUT2D eigenvalue weighted by atomic mass is 16.3. The zero-order chi connectivity index (χ0) is 22.2. The summed E-state index contributed by atoms with van der Waals surface area (Å²) in [4.78, 5) is 18.0. The quantitative estimate of drug-likeness (QED) is 0.511. The number of rotatable bonds is 6. The van der Waals surface area contributed by atoms with E-state index in [1.54, 1.807) is 6.26 Å². The van der Waals surface area contributed by atoms with Crippen molar-refractivity contribution in [2.75, 3.05) is 0 Å². The van der Waals surface area contributed by atoms with E-state index >= 15 is 0 Å². The molecule has 0 radical (unpaired) electrons. The number of nitrogens with one attached hydrogen (secondary N) is 1. The van der Waals surface area contributed by atoms with Crippen LogP contribution >= 0.6 is 0 Å². The van der Waals surface area contributed by atoms with Crippen molar-refractivity contribution in [3.63, 3.8) is 0 Å². The van der Waals surface area contributed by atoms with E-state index < -0.39 is 0 Å². The number of hydrogen-bond acceptors (Lipinski definition) is 6. The number of furan rings is 1. The Labute approximate surface area is 180 Å². The van der Waals surface area contributed by atoms with Crippen LogP contribution in [0.5, 0.6) is 0 Å². The van der Waals surface area contributed by atoms with E-state index in [1.807, 2.05) is 35.9 Å². The number of hydrogen-bond donors (Lipinski definition) is 1. The van der Waals surface area contributed by atoms with Crippen molar-refractivity contribution in [2.24, 2.45) is 0 Å². The molecule has 0 atom stereocenters. The van der Waals surface area contributed by atoms with Gasteiger partial charge in [-0.3, -0.25) is 9.69 Å². The minimum Gasteiger partial charge on any atom is -0.468 e. The first kappa shape index (κ1) is 21.0. The summed E-state index contributed by atoms with van der Waals surface area (Å²) in [5, 5.41) is 13.3. The fourth-order valence-electron chi connectivity index (χ4n) is 3.89. The molecule has 0 fully saturated rings. The van der Waals surface area contributed by atoms with E-state index in [4.69, 9.17) is 4.42 Å². The molecule has 3 aromatic heterocycles. The molecule has 4 rings (SSSR count). The fraction of sp³-hybridized carbons (Fsp3) is 0.391. The average molecular weight is 421 g/mol. The summed E-state index contributed by atoms with van der Waals surface area (Å²) in [6.45, 7) is 11.7. The Kier molecular flexibility index (Phi) is 5.49. The molecule has 0 bridgehead atoms. The number of aromatic nitrogens is 5. The van der Waals surface area contributed by atoms with Crippen LogP contribution in [-0.4, -0.2) is 30.1 Å². The zero-order valence-corrected chi connectivity index (χ0v) is 18.6. The van der Waals surface area contributed by atoms with Gasteiger partial charge in [-0.25, -0.2) is 4.68 Å². The number of aromatic amines is 1. The van der Waals surface area contributed by atoms with Crippen molar-refractivity contribution >= 4 is 10.9 Å². The maximum Gasteiger partial charge on any atom is 0.252 e. The molecule has 0 spiro atoms. The van der Waals surface area contributed by atoms with Crippen molar-refractivity contribution in [1.82, 2.24) is 30.1 Å². The van der Waals surface area contributed by atoms with Crippen LogP contribution in [0.1, 0.15) is 49.0 Å². The molecular formula is C23H28N6O2. The van der Waals surface area contributed by atoms with Gasteiger partial charge in [-0.15, -0.1) is 5.10 Å². The Morgan fingerprint density at radius 1 is 1.13 bits per heavy atom. The van der Waals surface area contributed by atoms with Crippen molar-refractivity contribution in [3.8, 4) is 0 Å². The van der Waals surface area contributed by atoms with Crippen molar-refractivity contribution in [1.29, 1.82) is 0 Å². The first-order chi connectivity index (χ1) is 14.7. The van der Waals surface area contributed by atoms with Gasteiger partial charge in [0.1, 0.15) is 5.76 Å². The number of nitrogens with zero attached hydrogens (tertiary/aromatic N) is 5. The van der Waals surface area contributed by atoms with E-state index in [2.05, 4.69) is 59.2 Å². The zero-order valence-electron chi connectivity index (χ0n) is 18.6. The molecule has 8 nitrogen and oxygen atoms in total. The maximum atomic E-state index is 12.9. The number of pyridine rings is 1. The van der Waals surface area contributed by atoms with Crippen molar-refractivity contribution < 1.29 is 4.42 Å². The Hall–Kier alpha value is -3.26. The van der Waals surface area contributed by atoms with Crippen molar-refractivity contribution in [3.05, 3.63) is 75.2 Å². The summed E-state index contributed by atoms with van der Waals surface area (Å²) in [7, 11) is 0. The van der Waals surface area contributed by atoms with Crippen LogP contribution in [0.2, 0.25) is 0 Å². The van der Waals surface area contributed by atoms with E-state index in [0.717, 1.165) is 33.6 Å². The van der Waals surface area contributed by atoms with Crippen LogP contribution in [0.4, 0.5) is 0 Å². The largest absolute Gasteiger partial charge is 0.468 e. The van der Waals surface area contributed by atoms with Gasteiger partial charge in [0.05, 0.1) is 24.9 Å². The van der Waals surface area contributed by atoms with Crippen LogP contribution in [0.3, 0.4) is 0 Å². The first-order valence-electron chi connectivity index (χ1n) is 10.4. The van der Waals surface area contributed by atoms with Gasteiger partial charge in [-0.2, -0.15) is 0 Å². The van der Waals surface area contributed by atoms with Crippen LogP contribution < -0.4 is 5.56 Å². The third kappa shape index (κ3) is 4.59. The predicted molar refractivity (Wildman–Crippen MR) is 119 cm³/mol. The molecule has 0 amide bonds. The van der Waals surface area contributed by atoms with E-state index in [0.29, 0.717) is 25.2 Å². The average Bonchev–Trinajstić information content (AvgIpc) is 3.34. The molecule has 3 heterocycles. The van der Waals surface area contributed by atoms with Crippen LogP contribution in [0.15, 0.2) is 45.8 Å². The Morgan fingerprint density at radius 2 is 1.94 bits per heavy atom. The molecule has 0 saturated carbocycles. The molecule has 8 heteroatoms. The highest BCUT2D eigenvalue weighted by Crippen LogP contribution is 2.21. The van der Waals surface area contributed by atoms with Gasteiger partial charge < -0.3 is 9.40 Å². The monoisotopic (exact) mass is 420 g/mol. The minimum atomic E-state index is -0.245. The molecule has 31 heavy (non-hydrogen) atoms. The number of benzene rings is 1. The Morgan fingerprint density at radius 3 is 2.65 bits per heavy atom. The molecule has 0 aliphatic carbocycles. The molecule has 4 aromatic rings. The Bertz CT molecular complexity index is 1250. The second-order valence-corrected chi connectivity index (χ2v) is 9.07. The van der Waals surface area contributed by atoms with Crippen molar-refractivity contribution in [2.45, 2.75) is 59.8 Å². The normalized spacial score (nSPS) is 12.2. The van der Waals surface area contributed by atoms with Gasteiger partial charge in [0.15, 0.2) is 5.82 Å². The number of aryl methyl sites for hydroxylation is 2. The lowest BCUT2D eigenvalue weighted by molar-refractivity contribution is 0.207. The smallest absolute Gasteiger partial charge is 0.252 e.